The van der Waals surface area contributed by atoms with Crippen LogP contribution >= 0.6 is 0 Å². The summed E-state index contributed by atoms with van der Waals surface area (Å²) in [5.74, 6) is -1.25. The Labute approximate surface area is 577 Å². The number of methoxy groups -OCH3 is 4. The number of carbonyl (C=O) groups excluding carboxylic acids is 1. The van der Waals surface area contributed by atoms with Crippen LogP contribution in [0.2, 0.25) is 0 Å². The van der Waals surface area contributed by atoms with E-state index in [0.717, 1.165) is 11.1 Å². The number of rotatable bonds is 22. The highest BCUT2D eigenvalue weighted by Crippen LogP contribution is 2.71. The van der Waals surface area contributed by atoms with Crippen molar-refractivity contribution in [2.24, 2.45) is 16.7 Å². The third kappa shape index (κ3) is 14.7. The van der Waals surface area contributed by atoms with E-state index in [9.17, 15) is 61.0 Å². The summed E-state index contributed by atoms with van der Waals surface area (Å²) in [4.78, 5) is 13.7. The second kappa shape index (κ2) is 31.3. The Balaban J connectivity index is 0.657. The summed E-state index contributed by atoms with van der Waals surface area (Å²) in [5.41, 5.74) is -6.00. The summed E-state index contributed by atoms with van der Waals surface area (Å²) < 4.78 is 106. The summed E-state index contributed by atoms with van der Waals surface area (Å²) >= 11 is 0. The van der Waals surface area contributed by atoms with Gasteiger partial charge < -0.3 is 137 Å². The van der Waals surface area contributed by atoms with E-state index < -0.39 is 225 Å². The predicted octanol–water partition coefficient (Wildman–Crippen LogP) is 0.676. The van der Waals surface area contributed by atoms with Gasteiger partial charge in [-0.3, -0.25) is 0 Å². The second-order valence-electron chi connectivity index (χ2n) is 29.5. The fourth-order valence-electron chi connectivity index (χ4n) is 18.0. The number of hydrogen-bond donors (Lipinski definition) is 11. The van der Waals surface area contributed by atoms with E-state index in [-0.39, 0.29) is 44.6 Å². The molecule has 29 heteroatoms. The average Bonchev–Trinajstić information content (AvgIpc) is 1.58. The van der Waals surface area contributed by atoms with Gasteiger partial charge in [0.2, 0.25) is 0 Å². The Morgan fingerprint density at radius 1 is 0.596 bits per heavy atom. The molecule has 99 heavy (non-hydrogen) atoms. The third-order valence-corrected chi connectivity index (χ3v) is 24.0. The van der Waals surface area contributed by atoms with Crippen LogP contribution in [0.3, 0.4) is 0 Å². The van der Waals surface area contributed by atoms with Crippen LogP contribution in [0.5, 0.6) is 0 Å². The first-order valence-electron chi connectivity index (χ1n) is 35.1. The van der Waals surface area contributed by atoms with E-state index in [0.29, 0.717) is 32.1 Å². The van der Waals surface area contributed by atoms with Gasteiger partial charge in [0.1, 0.15) is 96.2 Å². The minimum Gasteiger partial charge on any atom is -0.458 e. The van der Waals surface area contributed by atoms with Crippen molar-refractivity contribution in [3.63, 3.8) is 0 Å². The van der Waals surface area contributed by atoms with Crippen molar-refractivity contribution in [2.75, 3.05) is 41.7 Å². The lowest BCUT2D eigenvalue weighted by Gasteiger charge is -2.67. The topological polar surface area (TPSA) is 397 Å². The van der Waals surface area contributed by atoms with E-state index in [1.54, 1.807) is 41.3 Å². The van der Waals surface area contributed by atoms with Crippen molar-refractivity contribution in [1.29, 1.82) is 0 Å². The number of benzene rings is 1. The highest BCUT2D eigenvalue weighted by atomic mass is 16.8. The predicted molar refractivity (Wildman–Crippen MR) is 342 cm³/mol. The van der Waals surface area contributed by atoms with Crippen LogP contribution in [0.15, 0.2) is 48.1 Å². The van der Waals surface area contributed by atoms with Gasteiger partial charge in [-0.1, -0.05) is 55.8 Å². The van der Waals surface area contributed by atoms with Crippen LogP contribution in [0, 0.1) is 16.7 Å². The minimum absolute atomic E-state index is 0.0103. The molecule has 6 saturated heterocycles. The maximum Gasteiger partial charge on any atom is 0.331 e. The van der Waals surface area contributed by atoms with Gasteiger partial charge in [0, 0.05) is 66.1 Å². The molecule has 1 aromatic rings. The smallest absolute Gasteiger partial charge is 0.331 e. The number of hydrogen-bond acceptors (Lipinski definition) is 29. The minimum atomic E-state index is -1.94. The molecule has 3 saturated carbocycles. The van der Waals surface area contributed by atoms with Crippen LogP contribution in [0.25, 0.3) is 6.08 Å². The molecule has 6 aliphatic heterocycles. The van der Waals surface area contributed by atoms with Crippen molar-refractivity contribution in [3.05, 3.63) is 53.6 Å². The molecule has 11 N–H and O–H groups in total. The zero-order valence-corrected chi connectivity index (χ0v) is 58.4. The first kappa shape index (κ1) is 77.2. The Morgan fingerprint density at radius 2 is 1.07 bits per heavy atom. The standard InChI is InChI=1S/C70H108O29/c1-33-60(41(83-8)26-50(88-33)92-40-20-21-66(6)39(25-40)19-22-69(81)47(66)30-48(95-49(73)18-17-38-15-13-12-14-16-38)67(7)68(80,37(5)72)23-24-70(67,69)82)96-51-27-42(84-9)61(34(2)89-51)97-52-28-43(85-10)62(35(3)90-52)98-53-29-44(86-11)63(36(4)91-53)99-65-59(79)57(77)55(75)46(94-65)32-87-64-58(78)56(76)54(74)45(31-71)93-64/h12-19,33-37,40-48,50-65,71-72,74-82H,20-32H2,1-11H3/b18-17+/t33-,34-,35-,36-,37+,40+,41-,42+,43-,44-,45-,46-,47-,48-,50+,51+,52+,53+,54-,55-,56+,57+,58-,59-,60-,61-,62-,63-,64-,65+,66+,67-,68+,69+,70-/m1/s1. The number of aliphatic hydroxyl groups is 11. The van der Waals surface area contributed by atoms with E-state index in [4.69, 9.17) is 80.5 Å². The van der Waals surface area contributed by atoms with Crippen molar-refractivity contribution in [3.8, 4) is 0 Å². The molecular weight excluding hydrogens is 1300 g/mol. The van der Waals surface area contributed by atoms with E-state index in [1.165, 1.54) is 20.1 Å². The molecule has 4 aliphatic carbocycles. The number of aliphatic hydroxyl groups excluding tert-OH is 8. The fourth-order valence-corrected chi connectivity index (χ4v) is 18.0. The van der Waals surface area contributed by atoms with E-state index in [2.05, 4.69) is 6.92 Å². The van der Waals surface area contributed by atoms with E-state index in [1.807, 2.05) is 57.2 Å². The largest absolute Gasteiger partial charge is 0.458 e. The SMILES string of the molecule is CO[C@H]1C[C@H](O[C@@H]2[C@@H](C)O[C@@H](O[C@H]3CC[C@@]4(C)C(=CC[C@]5(O)[C@@H]4C[C@@H](OC(=O)/C=C/c4ccccc4)[C@@]4(C)[C@]5(O)CC[C@]4(O)[C@H](C)O)C3)C[C@H]2OC)O[C@H](C)[C@H]1O[C@H]1C[C@@H](OC)[C@H](O[C@H]2C[C@@H](OC)[C@H](O[C@@H]3O[C@H](CO[C@@H]4O[C@H](CO)[C@@H](O)[C@H](O)[C@H]4O)[C@@H](O)[C@H](O)[C@H]3O)[C@@H](C)O2)[C@@H](C)O1. The highest BCUT2D eigenvalue weighted by molar-refractivity contribution is 5.87. The van der Waals surface area contributed by atoms with Crippen LogP contribution in [0.4, 0.5) is 0 Å². The van der Waals surface area contributed by atoms with Gasteiger partial charge in [0.25, 0.3) is 0 Å². The quantitative estimate of drug-likeness (QED) is 0.0432. The third-order valence-electron chi connectivity index (χ3n) is 24.0. The Kier molecular flexibility index (Phi) is 24.4. The van der Waals surface area contributed by atoms with Gasteiger partial charge in [0.05, 0.1) is 79.7 Å². The molecule has 35 atom stereocenters. The van der Waals surface area contributed by atoms with Gasteiger partial charge in [-0.05, 0) is 96.6 Å². The lowest BCUT2D eigenvalue weighted by molar-refractivity contribution is -0.363. The van der Waals surface area contributed by atoms with Crippen molar-refractivity contribution in [2.45, 2.75) is 314 Å². The Bertz CT molecular complexity index is 2880. The molecule has 9 fully saturated rings. The molecular formula is C70H108O29. The average molecular weight is 1410 g/mol. The lowest BCUT2D eigenvalue weighted by Crippen LogP contribution is -2.78. The maximum atomic E-state index is 13.7. The maximum absolute atomic E-state index is 13.7. The summed E-state index contributed by atoms with van der Waals surface area (Å²) in [6.45, 7) is 11.3. The van der Waals surface area contributed by atoms with Crippen LogP contribution in [-0.2, 0) is 85.3 Å². The molecule has 6 heterocycles. The Morgan fingerprint density at radius 3 is 1.57 bits per heavy atom. The molecule has 0 bridgehead atoms. The molecule has 562 valence electrons. The second-order valence-corrected chi connectivity index (χ2v) is 29.5. The molecule has 0 amide bonds. The molecule has 0 aromatic heterocycles. The lowest BCUT2D eigenvalue weighted by atomic mass is 9.42. The normalized spacial score (nSPS) is 49.8. The highest BCUT2D eigenvalue weighted by Gasteiger charge is 2.81. The monoisotopic (exact) mass is 1410 g/mol. The van der Waals surface area contributed by atoms with Crippen LogP contribution in [0.1, 0.15) is 125 Å². The van der Waals surface area contributed by atoms with Crippen molar-refractivity contribution < 1.29 is 141 Å². The summed E-state index contributed by atoms with van der Waals surface area (Å²) in [5, 5.41) is 123. The zero-order valence-electron chi connectivity index (χ0n) is 58.4. The number of esters is 1. The van der Waals surface area contributed by atoms with Gasteiger partial charge in [0.15, 0.2) is 37.7 Å². The fraction of sp³-hybridized carbons (Fsp3) is 0.843. The summed E-state index contributed by atoms with van der Waals surface area (Å²) in [7, 11) is 6.26. The molecule has 0 unspecified atom stereocenters. The Hall–Kier alpha value is -2.91. The molecule has 29 nitrogen and oxygen atoms in total. The molecule has 1 aromatic carbocycles. The molecule has 0 spiro atoms. The van der Waals surface area contributed by atoms with Gasteiger partial charge >= 0.3 is 5.97 Å². The number of carbonyl (C=O) groups is 1. The zero-order chi connectivity index (χ0) is 71.4. The first-order valence-corrected chi connectivity index (χ1v) is 35.1. The van der Waals surface area contributed by atoms with Crippen LogP contribution in [-0.4, -0.2) is 299 Å². The number of fused-ring (bicyclic) bond motifs is 5. The molecule has 10 aliphatic rings. The summed E-state index contributed by atoms with van der Waals surface area (Å²) in [6, 6.07) is 9.29. The van der Waals surface area contributed by atoms with E-state index >= 15 is 0 Å². The molecule has 0 radical (unpaired) electrons. The van der Waals surface area contributed by atoms with Crippen molar-refractivity contribution in [1.82, 2.24) is 0 Å². The van der Waals surface area contributed by atoms with Crippen LogP contribution < -0.4 is 0 Å². The van der Waals surface area contributed by atoms with Gasteiger partial charge in [-0.2, -0.15) is 0 Å². The van der Waals surface area contributed by atoms with Gasteiger partial charge in [-0.25, -0.2) is 4.79 Å². The molecule has 11 rings (SSSR count). The van der Waals surface area contributed by atoms with Crippen molar-refractivity contribution >= 4 is 12.0 Å². The number of ether oxygens (including phenoxy) is 17. The first-order chi connectivity index (χ1) is 47.0. The summed E-state index contributed by atoms with van der Waals surface area (Å²) in [6.07, 6.45) is -21.1. The van der Waals surface area contributed by atoms with Gasteiger partial charge in [-0.15, -0.1) is 0 Å².